The minimum atomic E-state index is -1.07. The van der Waals surface area contributed by atoms with Crippen LogP contribution in [0, 0.1) is 0 Å². The van der Waals surface area contributed by atoms with Gasteiger partial charge in [0.05, 0.1) is 7.11 Å². The molecular formula is C13H17NO5. The van der Waals surface area contributed by atoms with Gasteiger partial charge in [-0.2, -0.15) is 0 Å². The van der Waals surface area contributed by atoms with Gasteiger partial charge in [0.1, 0.15) is 24.1 Å². The Morgan fingerprint density at radius 1 is 1.42 bits per heavy atom. The number of methoxy groups -OCH3 is 1. The summed E-state index contributed by atoms with van der Waals surface area (Å²) in [7, 11) is 1.47. The fraction of sp³-hybridized carbons (Fsp3) is 0.385. The van der Waals surface area contributed by atoms with Crippen LogP contribution in [0.25, 0.3) is 0 Å². The van der Waals surface area contributed by atoms with E-state index in [4.69, 9.17) is 20.3 Å². The summed E-state index contributed by atoms with van der Waals surface area (Å²) in [6.45, 7) is 1.41. The molecule has 0 amide bonds. The molecule has 0 saturated heterocycles. The lowest BCUT2D eigenvalue weighted by Gasteiger charge is -2.13. The molecule has 0 saturated carbocycles. The minimum absolute atomic E-state index is 0.0167. The summed E-state index contributed by atoms with van der Waals surface area (Å²) in [5, 5.41) is 8.78. The molecule has 1 rings (SSSR count). The quantitative estimate of drug-likeness (QED) is 0.751. The second-order valence-corrected chi connectivity index (χ2v) is 4.11. The maximum Gasteiger partial charge on any atom is 0.320 e. The summed E-state index contributed by atoms with van der Waals surface area (Å²) < 4.78 is 10.4. The SMILES string of the molecule is COc1cc(OCC(C)=O)ccc1CC(N)C(=O)O. The van der Waals surface area contributed by atoms with Crippen LogP contribution < -0.4 is 15.2 Å². The molecule has 1 unspecified atom stereocenters. The molecule has 0 aromatic heterocycles. The zero-order valence-corrected chi connectivity index (χ0v) is 10.9. The first-order valence-electron chi connectivity index (χ1n) is 5.71. The van der Waals surface area contributed by atoms with Gasteiger partial charge < -0.3 is 20.3 Å². The second kappa shape index (κ2) is 6.75. The number of benzene rings is 1. The van der Waals surface area contributed by atoms with Gasteiger partial charge in [-0.1, -0.05) is 6.07 Å². The van der Waals surface area contributed by atoms with Crippen molar-refractivity contribution in [1.82, 2.24) is 0 Å². The fourth-order valence-corrected chi connectivity index (χ4v) is 1.49. The smallest absolute Gasteiger partial charge is 0.320 e. The average Bonchev–Trinajstić information content (AvgIpc) is 2.37. The second-order valence-electron chi connectivity index (χ2n) is 4.11. The monoisotopic (exact) mass is 267 g/mol. The van der Waals surface area contributed by atoms with Crippen LogP contribution in [-0.2, 0) is 16.0 Å². The zero-order chi connectivity index (χ0) is 14.4. The number of ketones is 1. The van der Waals surface area contributed by atoms with Crippen LogP contribution in [0.15, 0.2) is 18.2 Å². The Morgan fingerprint density at radius 2 is 2.11 bits per heavy atom. The van der Waals surface area contributed by atoms with E-state index in [1.807, 2.05) is 0 Å². The molecule has 0 heterocycles. The molecule has 3 N–H and O–H groups in total. The van der Waals surface area contributed by atoms with E-state index in [1.165, 1.54) is 14.0 Å². The Kier molecular flexibility index (Phi) is 5.32. The topological polar surface area (TPSA) is 98.9 Å². The maximum absolute atomic E-state index is 10.8. The molecule has 6 heteroatoms. The summed E-state index contributed by atoms with van der Waals surface area (Å²) in [6.07, 6.45) is 0.158. The van der Waals surface area contributed by atoms with Gasteiger partial charge in [-0.25, -0.2) is 0 Å². The van der Waals surface area contributed by atoms with Crippen molar-refractivity contribution < 1.29 is 24.2 Å². The molecular weight excluding hydrogens is 250 g/mol. The highest BCUT2D eigenvalue weighted by Crippen LogP contribution is 2.25. The minimum Gasteiger partial charge on any atom is -0.496 e. The molecule has 0 aliphatic rings. The fourth-order valence-electron chi connectivity index (χ4n) is 1.49. The van der Waals surface area contributed by atoms with E-state index in [0.717, 1.165) is 0 Å². The summed E-state index contributed by atoms with van der Waals surface area (Å²) in [5.74, 6) is -0.188. The summed E-state index contributed by atoms with van der Waals surface area (Å²) in [6, 6.07) is 3.94. The van der Waals surface area contributed by atoms with Gasteiger partial charge in [-0.05, 0) is 18.6 Å². The van der Waals surface area contributed by atoms with Gasteiger partial charge in [0.25, 0.3) is 0 Å². The maximum atomic E-state index is 10.8. The highest BCUT2D eigenvalue weighted by molar-refractivity contribution is 5.77. The first-order chi connectivity index (χ1) is 8.93. The molecule has 104 valence electrons. The molecule has 0 aliphatic heterocycles. The standard InChI is InChI=1S/C13H17NO5/c1-8(15)7-19-10-4-3-9(12(6-10)18-2)5-11(14)13(16)17/h3-4,6,11H,5,7,14H2,1-2H3,(H,16,17). The van der Waals surface area contributed by atoms with E-state index in [-0.39, 0.29) is 18.8 Å². The lowest BCUT2D eigenvalue weighted by Crippen LogP contribution is -2.32. The van der Waals surface area contributed by atoms with E-state index in [9.17, 15) is 9.59 Å². The number of ether oxygens (including phenoxy) is 2. The molecule has 0 spiro atoms. The Balaban J connectivity index is 2.83. The van der Waals surface area contributed by atoms with Crippen molar-refractivity contribution in [2.24, 2.45) is 5.73 Å². The third-order valence-electron chi connectivity index (χ3n) is 2.46. The van der Waals surface area contributed by atoms with Crippen molar-refractivity contribution in [3.05, 3.63) is 23.8 Å². The van der Waals surface area contributed by atoms with Crippen molar-refractivity contribution in [3.63, 3.8) is 0 Å². The molecule has 6 nitrogen and oxygen atoms in total. The predicted molar refractivity (Wildman–Crippen MR) is 68.5 cm³/mol. The van der Waals surface area contributed by atoms with Crippen molar-refractivity contribution in [2.45, 2.75) is 19.4 Å². The third-order valence-corrected chi connectivity index (χ3v) is 2.46. The van der Waals surface area contributed by atoms with Gasteiger partial charge in [0, 0.05) is 12.5 Å². The Bertz CT molecular complexity index is 472. The Labute approximate surface area is 111 Å². The lowest BCUT2D eigenvalue weighted by atomic mass is 10.1. The Hall–Kier alpha value is -2.08. The normalized spacial score (nSPS) is 11.7. The van der Waals surface area contributed by atoms with Crippen molar-refractivity contribution in [1.29, 1.82) is 0 Å². The van der Waals surface area contributed by atoms with Gasteiger partial charge in [0.2, 0.25) is 0 Å². The molecule has 0 radical (unpaired) electrons. The van der Waals surface area contributed by atoms with Gasteiger partial charge in [-0.3, -0.25) is 9.59 Å². The van der Waals surface area contributed by atoms with Crippen molar-refractivity contribution in [3.8, 4) is 11.5 Å². The number of carbonyl (C=O) groups is 2. The molecule has 1 aromatic rings. The van der Waals surface area contributed by atoms with Crippen LogP contribution in [0.1, 0.15) is 12.5 Å². The predicted octanol–water partition coefficient (Wildman–Crippen LogP) is 0.617. The van der Waals surface area contributed by atoms with E-state index in [0.29, 0.717) is 17.1 Å². The number of hydrogen-bond acceptors (Lipinski definition) is 5. The van der Waals surface area contributed by atoms with Crippen LogP contribution in [-0.4, -0.2) is 36.6 Å². The molecule has 19 heavy (non-hydrogen) atoms. The largest absolute Gasteiger partial charge is 0.496 e. The van der Waals surface area contributed by atoms with E-state index in [1.54, 1.807) is 18.2 Å². The van der Waals surface area contributed by atoms with Crippen LogP contribution in [0.4, 0.5) is 0 Å². The van der Waals surface area contributed by atoms with E-state index >= 15 is 0 Å². The summed E-state index contributed by atoms with van der Waals surface area (Å²) in [5.41, 5.74) is 6.15. The molecule has 0 aliphatic carbocycles. The van der Waals surface area contributed by atoms with Crippen LogP contribution in [0.3, 0.4) is 0 Å². The van der Waals surface area contributed by atoms with Crippen LogP contribution in [0.2, 0.25) is 0 Å². The molecule has 1 atom stereocenters. The lowest BCUT2D eigenvalue weighted by molar-refractivity contribution is -0.138. The zero-order valence-electron chi connectivity index (χ0n) is 10.9. The van der Waals surface area contributed by atoms with Gasteiger partial charge in [-0.15, -0.1) is 0 Å². The Morgan fingerprint density at radius 3 is 2.63 bits per heavy atom. The number of hydrogen-bond donors (Lipinski definition) is 2. The van der Waals surface area contributed by atoms with E-state index in [2.05, 4.69) is 0 Å². The highest BCUT2D eigenvalue weighted by Gasteiger charge is 2.15. The number of aliphatic carboxylic acids is 1. The number of carboxylic acids is 1. The molecule has 1 aromatic carbocycles. The van der Waals surface area contributed by atoms with Crippen molar-refractivity contribution >= 4 is 11.8 Å². The molecule has 0 fully saturated rings. The average molecular weight is 267 g/mol. The first-order valence-corrected chi connectivity index (χ1v) is 5.71. The van der Waals surface area contributed by atoms with Crippen molar-refractivity contribution in [2.75, 3.05) is 13.7 Å². The van der Waals surface area contributed by atoms with Crippen LogP contribution in [0.5, 0.6) is 11.5 Å². The van der Waals surface area contributed by atoms with Crippen LogP contribution >= 0.6 is 0 Å². The number of carboxylic acid groups (broad SMARTS) is 1. The number of Topliss-reactive ketones (excluding diaryl/α,β-unsaturated/α-hetero) is 1. The highest BCUT2D eigenvalue weighted by atomic mass is 16.5. The summed E-state index contributed by atoms with van der Waals surface area (Å²) >= 11 is 0. The number of carbonyl (C=O) groups excluding carboxylic acids is 1. The van der Waals surface area contributed by atoms with E-state index < -0.39 is 12.0 Å². The molecule has 0 bridgehead atoms. The number of rotatable bonds is 7. The summed E-state index contributed by atoms with van der Waals surface area (Å²) in [4.78, 5) is 21.5. The number of nitrogens with two attached hydrogens (primary N) is 1. The van der Waals surface area contributed by atoms with Gasteiger partial charge in [0.15, 0.2) is 5.78 Å². The first kappa shape index (κ1) is 15.0. The third kappa shape index (κ3) is 4.59. The van der Waals surface area contributed by atoms with Gasteiger partial charge >= 0.3 is 5.97 Å².